The van der Waals surface area contributed by atoms with Crippen molar-refractivity contribution in [3.8, 4) is 11.8 Å². The van der Waals surface area contributed by atoms with Crippen LogP contribution in [0.1, 0.15) is 26.3 Å². The maximum absolute atomic E-state index is 11.9. The molecule has 1 rings (SSSR count). The average Bonchev–Trinajstić information content (AvgIpc) is 2.39. The molecule has 0 spiro atoms. The standard InChI is InChI=1S/C16H21NO3/c1-5-20-15(18)14(11-17)16(2,3)10-12-7-6-8-13(9-12)19-4/h6-9,14H,5,10H2,1-4H3. The molecular weight excluding hydrogens is 254 g/mol. The Balaban J connectivity index is 2.91. The van der Waals surface area contributed by atoms with Gasteiger partial charge < -0.3 is 9.47 Å². The predicted molar refractivity (Wildman–Crippen MR) is 76.2 cm³/mol. The van der Waals surface area contributed by atoms with E-state index in [2.05, 4.69) is 6.07 Å². The zero-order valence-corrected chi connectivity index (χ0v) is 12.5. The van der Waals surface area contributed by atoms with Gasteiger partial charge in [-0.3, -0.25) is 4.79 Å². The molecule has 0 radical (unpaired) electrons. The summed E-state index contributed by atoms with van der Waals surface area (Å²) in [4.78, 5) is 11.9. The highest BCUT2D eigenvalue weighted by molar-refractivity contribution is 5.76. The van der Waals surface area contributed by atoms with Gasteiger partial charge in [0.05, 0.1) is 19.8 Å². The van der Waals surface area contributed by atoms with Crippen LogP contribution in [0.3, 0.4) is 0 Å². The molecule has 20 heavy (non-hydrogen) atoms. The molecule has 1 unspecified atom stereocenters. The first-order chi connectivity index (χ1) is 9.44. The Morgan fingerprint density at radius 2 is 2.15 bits per heavy atom. The molecular formula is C16H21NO3. The minimum atomic E-state index is -0.784. The van der Waals surface area contributed by atoms with Gasteiger partial charge in [0.2, 0.25) is 0 Å². The average molecular weight is 275 g/mol. The first-order valence-electron chi connectivity index (χ1n) is 6.63. The molecule has 4 heteroatoms. The van der Waals surface area contributed by atoms with Gasteiger partial charge in [-0.15, -0.1) is 0 Å². The molecule has 0 N–H and O–H groups in total. The van der Waals surface area contributed by atoms with Crippen molar-refractivity contribution >= 4 is 5.97 Å². The van der Waals surface area contributed by atoms with Gasteiger partial charge in [-0.05, 0) is 36.5 Å². The lowest BCUT2D eigenvalue weighted by atomic mass is 9.75. The highest BCUT2D eigenvalue weighted by Gasteiger charge is 2.36. The Labute approximate surface area is 120 Å². The van der Waals surface area contributed by atoms with Gasteiger partial charge in [0.25, 0.3) is 0 Å². The SMILES string of the molecule is CCOC(=O)C(C#N)C(C)(C)Cc1cccc(OC)c1. The fraction of sp³-hybridized carbons (Fsp3) is 0.500. The molecule has 0 saturated carbocycles. The molecule has 1 aromatic carbocycles. The summed E-state index contributed by atoms with van der Waals surface area (Å²) in [6.07, 6.45) is 0.598. The van der Waals surface area contributed by atoms with Crippen molar-refractivity contribution in [2.45, 2.75) is 27.2 Å². The third-order valence-corrected chi connectivity index (χ3v) is 3.23. The van der Waals surface area contributed by atoms with Crippen LogP contribution in [0, 0.1) is 22.7 Å². The van der Waals surface area contributed by atoms with E-state index in [4.69, 9.17) is 9.47 Å². The van der Waals surface area contributed by atoms with Crippen LogP contribution in [0.2, 0.25) is 0 Å². The summed E-state index contributed by atoms with van der Waals surface area (Å²) >= 11 is 0. The fourth-order valence-corrected chi connectivity index (χ4v) is 2.18. The fourth-order valence-electron chi connectivity index (χ4n) is 2.18. The largest absolute Gasteiger partial charge is 0.497 e. The summed E-state index contributed by atoms with van der Waals surface area (Å²) in [6, 6.07) is 9.71. The van der Waals surface area contributed by atoms with Crippen LogP contribution in [0.15, 0.2) is 24.3 Å². The number of benzene rings is 1. The molecule has 0 aliphatic rings. The molecule has 0 aliphatic heterocycles. The number of hydrogen-bond donors (Lipinski definition) is 0. The Hall–Kier alpha value is -2.02. The summed E-state index contributed by atoms with van der Waals surface area (Å²) in [6.45, 7) is 5.82. The van der Waals surface area contributed by atoms with Crippen LogP contribution >= 0.6 is 0 Å². The number of nitriles is 1. The van der Waals surface area contributed by atoms with Gasteiger partial charge in [-0.2, -0.15) is 5.26 Å². The van der Waals surface area contributed by atoms with Crippen molar-refractivity contribution in [2.24, 2.45) is 11.3 Å². The van der Waals surface area contributed by atoms with Crippen LogP contribution in [0.5, 0.6) is 5.75 Å². The predicted octanol–water partition coefficient (Wildman–Crippen LogP) is 2.97. The number of carbonyl (C=O) groups excluding carboxylic acids is 1. The summed E-state index contributed by atoms with van der Waals surface area (Å²) < 4.78 is 10.2. The first kappa shape index (κ1) is 16.0. The van der Waals surface area contributed by atoms with Gasteiger partial charge in [0, 0.05) is 0 Å². The van der Waals surface area contributed by atoms with E-state index in [-0.39, 0.29) is 6.61 Å². The van der Waals surface area contributed by atoms with E-state index in [0.29, 0.717) is 6.42 Å². The Morgan fingerprint density at radius 3 is 2.70 bits per heavy atom. The van der Waals surface area contributed by atoms with E-state index >= 15 is 0 Å². The molecule has 0 fully saturated rings. The zero-order chi connectivity index (χ0) is 15.2. The third kappa shape index (κ3) is 3.99. The number of hydrogen-bond acceptors (Lipinski definition) is 4. The van der Waals surface area contributed by atoms with Crippen LogP contribution in [0.4, 0.5) is 0 Å². The van der Waals surface area contributed by atoms with Crippen LogP contribution in [-0.2, 0) is 16.0 Å². The van der Waals surface area contributed by atoms with Crippen molar-refractivity contribution in [1.29, 1.82) is 5.26 Å². The molecule has 0 amide bonds. The van der Waals surface area contributed by atoms with Gasteiger partial charge in [0.15, 0.2) is 0 Å². The number of esters is 1. The molecule has 1 atom stereocenters. The topological polar surface area (TPSA) is 59.3 Å². The molecule has 0 aliphatic carbocycles. The summed E-state index contributed by atoms with van der Waals surface area (Å²) in [5, 5.41) is 9.26. The highest BCUT2D eigenvalue weighted by atomic mass is 16.5. The van der Waals surface area contributed by atoms with Crippen LogP contribution in [0.25, 0.3) is 0 Å². The molecule has 108 valence electrons. The zero-order valence-electron chi connectivity index (χ0n) is 12.5. The smallest absolute Gasteiger partial charge is 0.323 e. The van der Waals surface area contributed by atoms with Crippen molar-refractivity contribution in [3.63, 3.8) is 0 Å². The first-order valence-corrected chi connectivity index (χ1v) is 6.63. The van der Waals surface area contributed by atoms with E-state index in [0.717, 1.165) is 11.3 Å². The number of rotatable bonds is 6. The van der Waals surface area contributed by atoms with Crippen LogP contribution in [-0.4, -0.2) is 19.7 Å². The number of methoxy groups -OCH3 is 1. The highest BCUT2D eigenvalue weighted by Crippen LogP contribution is 2.32. The van der Waals surface area contributed by atoms with Crippen molar-refractivity contribution in [2.75, 3.05) is 13.7 Å². The Morgan fingerprint density at radius 1 is 1.45 bits per heavy atom. The second kappa shape index (κ2) is 6.95. The lowest BCUT2D eigenvalue weighted by Gasteiger charge is -2.28. The summed E-state index contributed by atoms with van der Waals surface area (Å²) in [7, 11) is 1.61. The lowest BCUT2D eigenvalue weighted by Crippen LogP contribution is -2.33. The minimum absolute atomic E-state index is 0.284. The van der Waals surface area contributed by atoms with Gasteiger partial charge >= 0.3 is 5.97 Å². The van der Waals surface area contributed by atoms with Crippen molar-refractivity contribution in [1.82, 2.24) is 0 Å². The van der Waals surface area contributed by atoms with Crippen molar-refractivity contribution in [3.05, 3.63) is 29.8 Å². The monoisotopic (exact) mass is 275 g/mol. The second-order valence-electron chi connectivity index (χ2n) is 5.33. The van der Waals surface area contributed by atoms with Gasteiger partial charge in [-0.1, -0.05) is 26.0 Å². The Bertz CT molecular complexity index is 503. The molecule has 0 saturated heterocycles. The van der Waals surface area contributed by atoms with Gasteiger partial charge in [0.1, 0.15) is 11.7 Å². The third-order valence-electron chi connectivity index (χ3n) is 3.23. The van der Waals surface area contributed by atoms with E-state index in [9.17, 15) is 10.1 Å². The van der Waals surface area contributed by atoms with E-state index < -0.39 is 17.3 Å². The van der Waals surface area contributed by atoms with E-state index in [1.807, 2.05) is 38.1 Å². The number of ether oxygens (including phenoxy) is 2. The van der Waals surface area contributed by atoms with E-state index in [1.54, 1.807) is 14.0 Å². The summed E-state index contributed by atoms with van der Waals surface area (Å²) in [5.74, 6) is -0.473. The quantitative estimate of drug-likeness (QED) is 0.749. The molecule has 0 bridgehead atoms. The summed E-state index contributed by atoms with van der Waals surface area (Å²) in [5.41, 5.74) is 0.520. The molecule has 0 heterocycles. The number of carbonyl (C=O) groups is 1. The second-order valence-corrected chi connectivity index (χ2v) is 5.33. The molecule has 4 nitrogen and oxygen atoms in total. The maximum atomic E-state index is 11.9. The van der Waals surface area contributed by atoms with Gasteiger partial charge in [-0.25, -0.2) is 0 Å². The molecule has 0 aromatic heterocycles. The van der Waals surface area contributed by atoms with Crippen LogP contribution < -0.4 is 4.74 Å². The number of nitrogens with zero attached hydrogens (tertiary/aromatic N) is 1. The maximum Gasteiger partial charge on any atom is 0.323 e. The van der Waals surface area contributed by atoms with Crippen molar-refractivity contribution < 1.29 is 14.3 Å². The normalized spacial score (nSPS) is 12.3. The van der Waals surface area contributed by atoms with E-state index in [1.165, 1.54) is 0 Å². The lowest BCUT2D eigenvalue weighted by molar-refractivity contribution is -0.149. The Kier molecular flexibility index (Phi) is 5.57. The minimum Gasteiger partial charge on any atom is -0.497 e. The molecule has 1 aromatic rings.